The molecule has 0 atom stereocenters. The number of nitrogens with zero attached hydrogens (tertiary/aromatic N) is 2. The standard InChI is InChI=1S/C23H24Br2N2O2/c1-3-4-5-9-12-29-22-20(24)14-17(15-21(22)25)13-19-16(2)26-27(23(19)28)18-10-7-6-8-11-18/h6-8,10-11,13-15H,3-5,9,12H2,1-2H3/b19-13-. The van der Waals surface area contributed by atoms with E-state index in [9.17, 15) is 4.79 Å². The highest BCUT2D eigenvalue weighted by Gasteiger charge is 2.28. The summed E-state index contributed by atoms with van der Waals surface area (Å²) in [5, 5.41) is 5.87. The molecule has 0 N–H and O–H groups in total. The molecule has 6 heteroatoms. The van der Waals surface area contributed by atoms with Crippen LogP contribution in [0, 0.1) is 0 Å². The highest BCUT2D eigenvalue weighted by Crippen LogP contribution is 2.36. The number of benzene rings is 2. The summed E-state index contributed by atoms with van der Waals surface area (Å²) in [6, 6.07) is 13.4. The van der Waals surface area contributed by atoms with Gasteiger partial charge >= 0.3 is 0 Å². The highest BCUT2D eigenvalue weighted by molar-refractivity contribution is 9.11. The summed E-state index contributed by atoms with van der Waals surface area (Å²) >= 11 is 7.20. The van der Waals surface area contributed by atoms with Crippen LogP contribution in [-0.4, -0.2) is 18.2 Å². The lowest BCUT2D eigenvalue weighted by molar-refractivity contribution is -0.114. The molecule has 0 aromatic heterocycles. The summed E-state index contributed by atoms with van der Waals surface area (Å²) in [5.74, 6) is 0.662. The van der Waals surface area contributed by atoms with Crippen molar-refractivity contribution in [1.29, 1.82) is 0 Å². The van der Waals surface area contributed by atoms with Gasteiger partial charge in [0.25, 0.3) is 5.91 Å². The maximum atomic E-state index is 12.9. The van der Waals surface area contributed by atoms with E-state index in [-0.39, 0.29) is 5.91 Å². The number of unbranched alkanes of at least 4 members (excludes halogenated alkanes) is 3. The van der Waals surface area contributed by atoms with Gasteiger partial charge in [0.15, 0.2) is 0 Å². The predicted octanol–water partition coefficient (Wildman–Crippen LogP) is 6.98. The first kappa shape index (κ1) is 21.8. The van der Waals surface area contributed by atoms with Crippen molar-refractivity contribution in [2.24, 2.45) is 5.10 Å². The van der Waals surface area contributed by atoms with E-state index >= 15 is 0 Å². The Morgan fingerprint density at radius 3 is 2.41 bits per heavy atom. The molecule has 0 saturated carbocycles. The van der Waals surface area contributed by atoms with Gasteiger partial charge in [-0.3, -0.25) is 4.79 Å². The molecule has 2 aromatic rings. The molecule has 1 amide bonds. The molecule has 0 aliphatic carbocycles. The van der Waals surface area contributed by atoms with E-state index in [1.807, 2.05) is 55.5 Å². The van der Waals surface area contributed by atoms with Gasteiger partial charge in [-0.2, -0.15) is 10.1 Å². The molecule has 4 nitrogen and oxygen atoms in total. The lowest BCUT2D eigenvalue weighted by Gasteiger charge is -2.12. The number of halogens is 2. The average Bonchev–Trinajstić information content (AvgIpc) is 2.98. The van der Waals surface area contributed by atoms with Crippen LogP contribution in [0.25, 0.3) is 6.08 Å². The van der Waals surface area contributed by atoms with Gasteiger partial charge in [-0.1, -0.05) is 44.4 Å². The first-order chi connectivity index (χ1) is 14.0. The summed E-state index contributed by atoms with van der Waals surface area (Å²) in [5.41, 5.74) is 2.94. The molecular formula is C23H24Br2N2O2. The van der Waals surface area contributed by atoms with Crippen molar-refractivity contribution in [3.63, 3.8) is 0 Å². The van der Waals surface area contributed by atoms with Gasteiger partial charge < -0.3 is 4.74 Å². The van der Waals surface area contributed by atoms with Crippen LogP contribution in [0.3, 0.4) is 0 Å². The molecule has 152 valence electrons. The minimum Gasteiger partial charge on any atom is -0.491 e. The molecule has 0 radical (unpaired) electrons. The molecule has 0 unspecified atom stereocenters. The Labute approximate surface area is 188 Å². The van der Waals surface area contributed by atoms with E-state index in [0.717, 1.165) is 32.4 Å². The van der Waals surface area contributed by atoms with E-state index in [4.69, 9.17) is 4.74 Å². The van der Waals surface area contributed by atoms with Gasteiger partial charge in [0, 0.05) is 0 Å². The van der Waals surface area contributed by atoms with Crippen LogP contribution in [0.5, 0.6) is 5.75 Å². The second kappa shape index (κ2) is 10.2. The molecule has 0 fully saturated rings. The summed E-state index contributed by atoms with van der Waals surface area (Å²) in [6.07, 6.45) is 6.52. The van der Waals surface area contributed by atoms with Crippen molar-refractivity contribution >= 4 is 55.2 Å². The lowest BCUT2D eigenvalue weighted by Crippen LogP contribution is -2.21. The quantitative estimate of drug-likeness (QED) is 0.279. The van der Waals surface area contributed by atoms with Crippen LogP contribution in [0.2, 0.25) is 0 Å². The van der Waals surface area contributed by atoms with E-state index in [0.29, 0.717) is 17.9 Å². The number of carbonyl (C=O) groups excluding carboxylic acids is 1. The van der Waals surface area contributed by atoms with Gasteiger partial charge in [0.1, 0.15) is 5.75 Å². The van der Waals surface area contributed by atoms with Crippen LogP contribution in [0.1, 0.15) is 45.1 Å². The van der Waals surface area contributed by atoms with Crippen molar-refractivity contribution < 1.29 is 9.53 Å². The van der Waals surface area contributed by atoms with Gasteiger partial charge in [-0.05, 0) is 81.1 Å². The third-order valence-electron chi connectivity index (χ3n) is 4.64. The Morgan fingerprint density at radius 1 is 1.07 bits per heavy atom. The molecule has 0 bridgehead atoms. The Bertz CT molecular complexity index is 916. The molecule has 0 saturated heterocycles. The molecule has 2 aromatic carbocycles. The molecule has 1 aliphatic rings. The van der Waals surface area contributed by atoms with Gasteiger partial charge in [-0.15, -0.1) is 0 Å². The fourth-order valence-corrected chi connectivity index (χ4v) is 4.55. The minimum absolute atomic E-state index is 0.128. The van der Waals surface area contributed by atoms with E-state index in [2.05, 4.69) is 43.9 Å². The van der Waals surface area contributed by atoms with Crippen molar-refractivity contribution in [2.75, 3.05) is 11.6 Å². The number of rotatable bonds is 8. The summed E-state index contributed by atoms with van der Waals surface area (Å²) < 4.78 is 7.65. The molecule has 1 aliphatic heterocycles. The minimum atomic E-state index is -0.128. The number of carbonyl (C=O) groups is 1. The van der Waals surface area contributed by atoms with E-state index in [1.54, 1.807) is 0 Å². The molecule has 29 heavy (non-hydrogen) atoms. The van der Waals surface area contributed by atoms with Gasteiger partial charge in [0.2, 0.25) is 0 Å². The zero-order chi connectivity index (χ0) is 20.8. The Kier molecular flexibility index (Phi) is 7.67. The first-order valence-electron chi connectivity index (χ1n) is 9.80. The number of hydrazone groups is 1. The van der Waals surface area contributed by atoms with Gasteiger partial charge in [0.05, 0.1) is 32.5 Å². The predicted molar refractivity (Wildman–Crippen MR) is 126 cm³/mol. The number of amides is 1. The zero-order valence-corrected chi connectivity index (χ0v) is 19.8. The van der Waals surface area contributed by atoms with Crippen molar-refractivity contribution in [1.82, 2.24) is 0 Å². The zero-order valence-electron chi connectivity index (χ0n) is 16.6. The van der Waals surface area contributed by atoms with Crippen LogP contribution in [0.15, 0.2) is 62.1 Å². The van der Waals surface area contributed by atoms with Crippen LogP contribution >= 0.6 is 31.9 Å². The van der Waals surface area contributed by atoms with Crippen molar-refractivity contribution in [2.45, 2.75) is 39.5 Å². The second-order valence-electron chi connectivity index (χ2n) is 6.92. The third kappa shape index (κ3) is 5.37. The van der Waals surface area contributed by atoms with Crippen LogP contribution < -0.4 is 9.75 Å². The molecule has 1 heterocycles. The fourth-order valence-electron chi connectivity index (χ4n) is 3.10. The normalized spacial score (nSPS) is 15.2. The number of anilines is 1. The Hall–Kier alpha value is -1.92. The third-order valence-corrected chi connectivity index (χ3v) is 5.82. The summed E-state index contributed by atoms with van der Waals surface area (Å²) in [6.45, 7) is 4.74. The second-order valence-corrected chi connectivity index (χ2v) is 8.63. The largest absolute Gasteiger partial charge is 0.491 e. The molecule has 3 rings (SSSR count). The Balaban J connectivity index is 1.77. The number of ether oxygens (including phenoxy) is 1. The van der Waals surface area contributed by atoms with E-state index < -0.39 is 0 Å². The summed E-state index contributed by atoms with van der Waals surface area (Å²) in [7, 11) is 0. The maximum absolute atomic E-state index is 12.9. The van der Waals surface area contributed by atoms with Crippen LogP contribution in [0.4, 0.5) is 5.69 Å². The number of hydrogen-bond acceptors (Lipinski definition) is 3. The lowest BCUT2D eigenvalue weighted by atomic mass is 10.1. The highest BCUT2D eigenvalue weighted by atomic mass is 79.9. The maximum Gasteiger partial charge on any atom is 0.280 e. The SMILES string of the molecule is CCCCCCOc1c(Br)cc(/C=C2\C(=O)N(c3ccccc3)N=C2C)cc1Br. The topological polar surface area (TPSA) is 41.9 Å². The van der Waals surface area contributed by atoms with Crippen molar-refractivity contribution in [3.05, 3.63) is 62.5 Å². The Morgan fingerprint density at radius 2 is 1.76 bits per heavy atom. The summed E-state index contributed by atoms with van der Waals surface area (Å²) in [4.78, 5) is 12.9. The number of para-hydroxylation sites is 1. The first-order valence-corrected chi connectivity index (χ1v) is 11.4. The fraction of sp³-hybridized carbons (Fsp3) is 0.304. The van der Waals surface area contributed by atoms with Crippen LogP contribution in [-0.2, 0) is 4.79 Å². The molecule has 0 spiro atoms. The number of hydrogen-bond donors (Lipinski definition) is 0. The smallest absolute Gasteiger partial charge is 0.280 e. The molecular weight excluding hydrogens is 496 g/mol. The van der Waals surface area contributed by atoms with Gasteiger partial charge in [-0.25, -0.2) is 0 Å². The average molecular weight is 520 g/mol. The van der Waals surface area contributed by atoms with E-state index in [1.165, 1.54) is 24.3 Å². The van der Waals surface area contributed by atoms with Crippen molar-refractivity contribution in [3.8, 4) is 5.75 Å². The monoisotopic (exact) mass is 518 g/mol.